The Balaban J connectivity index is 2.36. The lowest BCUT2D eigenvalue weighted by Gasteiger charge is -2.31. The number of aliphatic hydroxyl groups is 1. The molecule has 2 heterocycles. The number of hydrogen-bond acceptors (Lipinski definition) is 25. The molecule has 0 unspecified atom stereocenters. The first-order valence-electron chi connectivity index (χ1n) is 37.7. The van der Waals surface area contributed by atoms with Crippen molar-refractivity contribution in [2.24, 2.45) is 66.9 Å². The van der Waals surface area contributed by atoms with Crippen LogP contribution in [0.25, 0.3) is 0 Å². The topological polar surface area (TPSA) is 750 Å². The van der Waals surface area contributed by atoms with Crippen LogP contribution in [0.15, 0.2) is 15.0 Å². The molecule has 30 N–H and O–H groups in total. The molecule has 658 valence electrons. The monoisotopic (exact) mass is 1720 g/mol. The number of nitrogens with zero attached hydrogens (tertiary/aromatic N) is 5. The number of aliphatic carboxylic acids is 2. The van der Waals surface area contributed by atoms with Crippen molar-refractivity contribution in [3.05, 3.63) is 0 Å². The number of primary amides is 1. The highest BCUT2D eigenvalue weighted by Crippen LogP contribution is 2.23. The summed E-state index contributed by atoms with van der Waals surface area (Å²) in [6.07, 6.45) is 0.605. The molecular formula is C68H117N25O21S3. The number of rotatable bonds is 54. The molecule has 2 rings (SSSR count). The fourth-order valence-electron chi connectivity index (χ4n) is 12.1. The van der Waals surface area contributed by atoms with E-state index in [0.717, 1.165) is 11.8 Å². The molecule has 2 fully saturated rings. The summed E-state index contributed by atoms with van der Waals surface area (Å²) in [4.78, 5) is 256. The number of thiol groups is 2. The van der Waals surface area contributed by atoms with Crippen LogP contribution in [0.3, 0.4) is 0 Å². The fourth-order valence-corrected chi connectivity index (χ4v) is 13.1. The van der Waals surface area contributed by atoms with Crippen molar-refractivity contribution < 1.29 is 102 Å². The van der Waals surface area contributed by atoms with Crippen LogP contribution in [-0.4, -0.2) is 304 Å². The van der Waals surface area contributed by atoms with E-state index in [-0.39, 0.29) is 152 Å². The van der Waals surface area contributed by atoms with Crippen LogP contribution in [0, 0.1) is 11.8 Å². The number of aliphatic imine (C=N–C) groups is 3. The number of nitrogens with two attached hydrogens (primary N) is 7. The lowest BCUT2D eigenvalue weighted by atomic mass is 10.0. The second kappa shape index (κ2) is 53.5. The summed E-state index contributed by atoms with van der Waals surface area (Å²) < 4.78 is 0. The van der Waals surface area contributed by atoms with E-state index in [9.17, 15) is 102 Å². The van der Waals surface area contributed by atoms with Gasteiger partial charge in [-0.25, -0.2) is 0 Å². The number of aliphatic hydroxyl groups excluding tert-OH is 1. The Bertz CT molecular complexity index is 3530. The molecule has 2 aliphatic heterocycles. The fraction of sp³-hybridized carbons (Fsp3) is 0.691. The lowest BCUT2D eigenvalue weighted by Crippen LogP contribution is -2.60. The maximum atomic E-state index is 14.7. The Hall–Kier alpha value is -10.7. The van der Waals surface area contributed by atoms with Crippen LogP contribution in [0.1, 0.15) is 131 Å². The number of nitrogens with one attached hydrogen (secondary N) is 13. The minimum Gasteiger partial charge on any atom is -0.481 e. The maximum absolute atomic E-state index is 14.7. The summed E-state index contributed by atoms with van der Waals surface area (Å²) >= 11 is 9.79. The molecule has 0 aromatic heterocycles. The average Bonchev–Trinajstić information content (AvgIpc) is 1.69. The zero-order valence-electron chi connectivity index (χ0n) is 66.3. The molecule has 0 radical (unpaired) electrons. The second-order valence-electron chi connectivity index (χ2n) is 28.3. The van der Waals surface area contributed by atoms with Gasteiger partial charge in [0, 0.05) is 51.2 Å². The molecule has 49 heteroatoms. The third kappa shape index (κ3) is 38.7. The zero-order valence-corrected chi connectivity index (χ0v) is 68.9. The minimum absolute atomic E-state index is 0.00531. The van der Waals surface area contributed by atoms with Crippen molar-refractivity contribution in [1.82, 2.24) is 78.9 Å². The third-order valence-corrected chi connectivity index (χ3v) is 19.1. The number of amides is 16. The molecule has 16 amide bonds. The smallest absolute Gasteiger partial charge is 0.305 e. The first-order valence-corrected chi connectivity index (χ1v) is 40.4. The molecule has 0 bridgehead atoms. The van der Waals surface area contributed by atoms with E-state index in [0.29, 0.717) is 5.75 Å². The summed E-state index contributed by atoms with van der Waals surface area (Å²) in [5.74, 6) is -19.6. The van der Waals surface area contributed by atoms with E-state index in [1.54, 1.807) is 34.0 Å². The SMILES string of the molecule is CSCC[C@H](NC(=O)[C@H](CS)NC(=O)[C@H](CC(C)C)NC(=O)CNC(=O)[C@H](CO)NC(=O)[C@H](CC(=O)O)NC(C)=O)C(=O)N1CCC[C@H]1C(=O)N[C@@H](CCCN=C(N)N)C(=O)N[C@@H](CC(C)C)C(=O)N[C@@H](CCCN=C(N)N)C(=O)NCC(=O)N[C@@H](CS)C(=O)N[C@@H](CC(=O)O)C(=O)N1CCC[C@H]1C(=O)N[C@@H](CCCN=C(N)N)C(N)=O. The Labute approximate surface area is 691 Å². The summed E-state index contributed by atoms with van der Waals surface area (Å²) in [6, 6.07) is -18.8. The summed E-state index contributed by atoms with van der Waals surface area (Å²) in [7, 11) is 0. The molecule has 0 aromatic rings. The predicted molar refractivity (Wildman–Crippen MR) is 433 cm³/mol. The van der Waals surface area contributed by atoms with E-state index in [4.69, 9.17) is 40.1 Å². The van der Waals surface area contributed by atoms with Gasteiger partial charge in [0.1, 0.15) is 78.5 Å². The number of carbonyl (C=O) groups excluding carboxylic acids is 16. The summed E-state index contributed by atoms with van der Waals surface area (Å²) in [5.41, 5.74) is 38.5. The van der Waals surface area contributed by atoms with Gasteiger partial charge in [0.25, 0.3) is 0 Å². The second-order valence-corrected chi connectivity index (χ2v) is 30.0. The first kappa shape index (κ1) is 102. The average molecular weight is 1720 g/mol. The maximum Gasteiger partial charge on any atom is 0.305 e. The summed E-state index contributed by atoms with van der Waals surface area (Å²) in [5, 5.41) is 60.5. The van der Waals surface area contributed by atoms with Crippen molar-refractivity contribution >= 4 is 161 Å². The normalized spacial score (nSPS) is 16.4. The quantitative estimate of drug-likeness (QED) is 0.0116. The number of thioether (sulfide) groups is 1. The Kier molecular flexibility index (Phi) is 46.8. The van der Waals surface area contributed by atoms with Crippen LogP contribution >= 0.6 is 37.0 Å². The molecule has 117 heavy (non-hydrogen) atoms. The van der Waals surface area contributed by atoms with Crippen LogP contribution in [0.5, 0.6) is 0 Å². The molecule has 0 aliphatic carbocycles. The van der Waals surface area contributed by atoms with Crippen molar-refractivity contribution in [2.45, 2.75) is 209 Å². The van der Waals surface area contributed by atoms with Crippen LogP contribution in [0.4, 0.5) is 0 Å². The van der Waals surface area contributed by atoms with Crippen molar-refractivity contribution in [3.63, 3.8) is 0 Å². The predicted octanol–water partition coefficient (Wildman–Crippen LogP) is -10.2. The van der Waals surface area contributed by atoms with Crippen LogP contribution in [-0.2, 0) is 86.3 Å². The van der Waals surface area contributed by atoms with E-state index in [2.05, 4.69) is 109 Å². The lowest BCUT2D eigenvalue weighted by molar-refractivity contribution is -0.146. The van der Waals surface area contributed by atoms with E-state index < -0.39 is 223 Å². The molecule has 13 atom stereocenters. The standard InChI is InChI=1S/C68H117N25O21S3/c1-33(2)24-40(82-49(96)28-80-55(104)44(30-94)90-59(108)42(26-51(98)99)81-35(5)95)57(106)91-46(32-116)61(110)87-39(17-23-117-6)64(113)92-21-10-16-48(92)63(112)86-38(14-9-20-78-68(74)75)56(105)88-41(25-34(3)4)58(107)85-37(13-8-19-77-67(72)73)54(103)79-29-50(97)83-45(31-115)60(109)89-43(27-52(100)101)65(114)93-22-11-15-47(93)62(111)84-36(53(69)102)12-7-18-76-66(70)71/h33-34,36-48,94,115-116H,7-32H2,1-6H3,(H2,69,102)(H,79,103)(H,80,104)(H,81,95)(H,82,96)(H,83,97)(H,84,111)(H,85,107)(H,86,112)(H,87,110)(H,88,105)(H,89,109)(H,90,108)(H,91,106)(H,98,99)(H,100,101)(H4,70,71,76)(H4,72,73,77)(H4,74,75,78)/t36-,37-,38-,39-,40-,41-,42-,43-,44-,45-,46-,47-,48-/m0/s1. The van der Waals surface area contributed by atoms with Gasteiger partial charge < -0.3 is 134 Å². The van der Waals surface area contributed by atoms with Gasteiger partial charge in [-0.2, -0.15) is 37.0 Å². The first-order chi connectivity index (χ1) is 55.1. The third-order valence-electron chi connectivity index (χ3n) is 17.7. The Morgan fingerprint density at radius 3 is 1.19 bits per heavy atom. The highest BCUT2D eigenvalue weighted by atomic mass is 32.2. The van der Waals surface area contributed by atoms with Gasteiger partial charge in [-0.05, 0) is 107 Å². The van der Waals surface area contributed by atoms with Gasteiger partial charge in [0.15, 0.2) is 17.9 Å². The molecule has 0 aromatic carbocycles. The number of likely N-dealkylation sites (tertiary alicyclic amines) is 2. The number of hydrogen-bond donors (Lipinski definition) is 25. The number of guanidine groups is 3. The number of carbonyl (C=O) groups is 18. The van der Waals surface area contributed by atoms with Gasteiger partial charge in [-0.15, -0.1) is 0 Å². The largest absolute Gasteiger partial charge is 0.481 e. The van der Waals surface area contributed by atoms with E-state index in [1.807, 2.05) is 0 Å². The zero-order chi connectivity index (χ0) is 88.3. The van der Waals surface area contributed by atoms with Gasteiger partial charge in [-0.3, -0.25) is 101 Å². The van der Waals surface area contributed by atoms with Gasteiger partial charge >= 0.3 is 11.9 Å². The highest BCUT2D eigenvalue weighted by molar-refractivity contribution is 7.98. The molecule has 2 aliphatic rings. The van der Waals surface area contributed by atoms with Crippen LogP contribution < -0.4 is 109 Å². The van der Waals surface area contributed by atoms with E-state index in [1.165, 1.54) is 16.7 Å². The van der Waals surface area contributed by atoms with Gasteiger partial charge in [0.05, 0.1) is 32.5 Å². The number of carboxylic acids is 2. The van der Waals surface area contributed by atoms with Crippen molar-refractivity contribution in [1.29, 1.82) is 0 Å². The highest BCUT2D eigenvalue weighted by Gasteiger charge is 2.43. The molecule has 46 nitrogen and oxygen atoms in total. The van der Waals surface area contributed by atoms with Crippen molar-refractivity contribution in [2.75, 3.05) is 75.9 Å². The molecule has 2 saturated heterocycles. The Morgan fingerprint density at radius 1 is 0.427 bits per heavy atom. The number of carboxylic acid groups (broad SMARTS) is 2. The Morgan fingerprint density at radius 2 is 0.769 bits per heavy atom. The van der Waals surface area contributed by atoms with Crippen molar-refractivity contribution in [3.8, 4) is 0 Å². The molecular weight excluding hydrogens is 1600 g/mol. The molecule has 0 spiro atoms. The van der Waals surface area contributed by atoms with E-state index >= 15 is 0 Å². The minimum atomic E-state index is -1.80. The van der Waals surface area contributed by atoms with Crippen LogP contribution in [0.2, 0.25) is 0 Å². The van der Waals surface area contributed by atoms with Gasteiger partial charge in [0.2, 0.25) is 94.5 Å². The molecule has 0 saturated carbocycles. The van der Waals surface area contributed by atoms with Gasteiger partial charge in [-0.1, -0.05) is 27.7 Å². The summed E-state index contributed by atoms with van der Waals surface area (Å²) in [6.45, 7) is 5.22.